The van der Waals surface area contributed by atoms with Crippen LogP contribution in [0.5, 0.6) is 0 Å². The molecule has 0 bridgehead atoms. The Morgan fingerprint density at radius 3 is 2.62 bits per heavy atom. The number of pyridine rings is 1. The van der Waals surface area contributed by atoms with E-state index in [-0.39, 0.29) is 22.6 Å². The monoisotopic (exact) mass is 282 g/mol. The largest absolute Gasteiger partial charge is 0.511 e. The maximum Gasteiger partial charge on any atom is 0.340 e. The van der Waals surface area contributed by atoms with Crippen LogP contribution in [0.15, 0.2) is 30.0 Å². The lowest BCUT2D eigenvalue weighted by Gasteiger charge is -2.12. The number of rotatable bonds is 2. The van der Waals surface area contributed by atoms with E-state index in [2.05, 4.69) is 4.98 Å². The molecule has 0 fully saturated rings. The third-order valence-corrected chi connectivity index (χ3v) is 3.25. The van der Waals surface area contributed by atoms with Gasteiger partial charge < -0.3 is 9.84 Å². The molecule has 1 heterocycles. The van der Waals surface area contributed by atoms with Crippen molar-refractivity contribution < 1.29 is 14.6 Å². The lowest BCUT2D eigenvalue weighted by atomic mass is 9.97. The SMILES string of the molecule is COC(=O)c1c(/C(C#N)=C(/C)O)nc2ccccc2c1C. The van der Waals surface area contributed by atoms with E-state index < -0.39 is 5.97 Å². The van der Waals surface area contributed by atoms with Gasteiger partial charge >= 0.3 is 5.97 Å². The van der Waals surface area contributed by atoms with Crippen molar-refractivity contribution in [3.05, 3.63) is 46.8 Å². The van der Waals surface area contributed by atoms with Crippen LogP contribution in [0.3, 0.4) is 0 Å². The van der Waals surface area contributed by atoms with Crippen molar-refractivity contribution in [2.75, 3.05) is 7.11 Å². The molecule has 0 aliphatic heterocycles. The maximum absolute atomic E-state index is 12.1. The van der Waals surface area contributed by atoms with E-state index in [0.29, 0.717) is 11.1 Å². The van der Waals surface area contributed by atoms with Crippen LogP contribution >= 0.6 is 0 Å². The van der Waals surface area contributed by atoms with Crippen molar-refractivity contribution in [2.45, 2.75) is 13.8 Å². The minimum Gasteiger partial charge on any atom is -0.511 e. The van der Waals surface area contributed by atoms with E-state index in [1.807, 2.05) is 24.3 Å². The summed E-state index contributed by atoms with van der Waals surface area (Å²) in [5.74, 6) is -0.778. The quantitative estimate of drug-likeness (QED) is 0.519. The molecule has 0 aliphatic carbocycles. The number of fused-ring (bicyclic) bond motifs is 1. The molecule has 0 spiro atoms. The lowest BCUT2D eigenvalue weighted by molar-refractivity contribution is 0.0599. The summed E-state index contributed by atoms with van der Waals surface area (Å²) in [6, 6.07) is 9.18. The normalized spacial score (nSPS) is 11.7. The maximum atomic E-state index is 12.1. The van der Waals surface area contributed by atoms with E-state index in [4.69, 9.17) is 4.74 Å². The molecule has 5 nitrogen and oxygen atoms in total. The first-order chi connectivity index (χ1) is 10.0. The number of aliphatic hydroxyl groups is 1. The summed E-state index contributed by atoms with van der Waals surface area (Å²) >= 11 is 0. The fraction of sp³-hybridized carbons (Fsp3) is 0.188. The minimum absolute atomic E-state index is 0.0377. The summed E-state index contributed by atoms with van der Waals surface area (Å²) < 4.78 is 4.79. The summed E-state index contributed by atoms with van der Waals surface area (Å²) in [5.41, 5.74) is 1.61. The number of esters is 1. The molecular formula is C16H14N2O3. The number of allylic oxidation sites excluding steroid dienone is 2. The van der Waals surface area contributed by atoms with Gasteiger partial charge in [-0.05, 0) is 25.5 Å². The number of aromatic nitrogens is 1. The van der Waals surface area contributed by atoms with Gasteiger partial charge in [0.15, 0.2) is 0 Å². The molecule has 0 saturated carbocycles. The molecule has 5 heteroatoms. The number of nitrogens with zero attached hydrogens (tertiary/aromatic N) is 2. The number of carbonyl (C=O) groups is 1. The molecule has 1 aromatic carbocycles. The second kappa shape index (κ2) is 5.63. The van der Waals surface area contributed by atoms with Gasteiger partial charge in [-0.2, -0.15) is 5.26 Å². The van der Waals surface area contributed by atoms with E-state index in [9.17, 15) is 15.2 Å². The predicted octanol–water partition coefficient (Wildman–Crippen LogP) is 3.14. The highest BCUT2D eigenvalue weighted by Crippen LogP contribution is 2.28. The summed E-state index contributed by atoms with van der Waals surface area (Å²) in [7, 11) is 1.27. The Kier molecular flexibility index (Phi) is 3.90. The Bertz CT molecular complexity index is 797. The van der Waals surface area contributed by atoms with Gasteiger partial charge in [0.2, 0.25) is 0 Å². The van der Waals surface area contributed by atoms with Crippen LogP contribution in [0.25, 0.3) is 16.5 Å². The van der Waals surface area contributed by atoms with Gasteiger partial charge in [-0.25, -0.2) is 9.78 Å². The molecule has 1 aromatic heterocycles. The standard InChI is InChI=1S/C16H14N2O3/c1-9-11-6-4-5-7-13(11)18-15(12(8-17)10(2)19)14(9)16(20)21-3/h4-7,19H,1-3H3/b12-10-. The lowest BCUT2D eigenvalue weighted by Crippen LogP contribution is -2.11. The molecule has 21 heavy (non-hydrogen) atoms. The zero-order valence-corrected chi connectivity index (χ0v) is 12.0. The summed E-state index contributed by atoms with van der Waals surface area (Å²) in [4.78, 5) is 16.4. The number of hydrogen-bond acceptors (Lipinski definition) is 5. The first kappa shape index (κ1) is 14.5. The number of ether oxygens (including phenoxy) is 1. The van der Waals surface area contributed by atoms with E-state index in [0.717, 1.165) is 5.39 Å². The average Bonchev–Trinajstić information content (AvgIpc) is 2.47. The second-order valence-corrected chi connectivity index (χ2v) is 4.54. The van der Waals surface area contributed by atoms with Crippen LogP contribution in [0.2, 0.25) is 0 Å². The number of aryl methyl sites for hydroxylation is 1. The van der Waals surface area contributed by atoms with Crippen LogP contribution in [0.1, 0.15) is 28.5 Å². The first-order valence-electron chi connectivity index (χ1n) is 6.29. The minimum atomic E-state index is -0.588. The number of nitriles is 1. The Hall–Kier alpha value is -2.87. The third kappa shape index (κ3) is 2.43. The second-order valence-electron chi connectivity index (χ2n) is 4.54. The van der Waals surface area contributed by atoms with Gasteiger partial charge in [-0.3, -0.25) is 0 Å². The molecule has 0 atom stereocenters. The fourth-order valence-electron chi connectivity index (χ4n) is 2.21. The van der Waals surface area contributed by atoms with Crippen molar-refractivity contribution in [1.29, 1.82) is 5.26 Å². The topological polar surface area (TPSA) is 83.2 Å². The molecule has 1 N–H and O–H groups in total. The zero-order chi connectivity index (χ0) is 15.6. The predicted molar refractivity (Wildman–Crippen MR) is 78.7 cm³/mol. The van der Waals surface area contributed by atoms with Crippen molar-refractivity contribution in [3.8, 4) is 6.07 Å². The average molecular weight is 282 g/mol. The Labute approximate surface area is 122 Å². The first-order valence-corrected chi connectivity index (χ1v) is 6.29. The van der Waals surface area contributed by atoms with Gasteiger partial charge in [-0.15, -0.1) is 0 Å². The molecule has 106 valence electrons. The van der Waals surface area contributed by atoms with Crippen molar-refractivity contribution in [1.82, 2.24) is 4.98 Å². The molecule has 0 aliphatic rings. The van der Waals surface area contributed by atoms with Crippen LogP contribution in [-0.2, 0) is 4.74 Å². The number of hydrogen-bond donors (Lipinski definition) is 1. The molecule has 2 aromatic rings. The molecular weight excluding hydrogens is 268 g/mol. The number of methoxy groups -OCH3 is 1. The van der Waals surface area contributed by atoms with E-state index in [1.54, 1.807) is 13.0 Å². The Morgan fingerprint density at radius 1 is 1.38 bits per heavy atom. The number of benzene rings is 1. The van der Waals surface area contributed by atoms with E-state index >= 15 is 0 Å². The van der Waals surface area contributed by atoms with Crippen molar-refractivity contribution in [3.63, 3.8) is 0 Å². The van der Waals surface area contributed by atoms with Gasteiger partial charge in [0, 0.05) is 5.39 Å². The molecule has 2 rings (SSSR count). The van der Waals surface area contributed by atoms with Crippen molar-refractivity contribution >= 4 is 22.4 Å². The Balaban J connectivity index is 2.95. The number of carbonyl (C=O) groups excluding carboxylic acids is 1. The summed E-state index contributed by atoms with van der Waals surface area (Å²) in [5, 5.41) is 19.7. The smallest absolute Gasteiger partial charge is 0.340 e. The van der Waals surface area contributed by atoms with Crippen molar-refractivity contribution in [2.24, 2.45) is 0 Å². The molecule has 0 saturated heterocycles. The highest BCUT2D eigenvalue weighted by molar-refractivity contribution is 6.02. The summed E-state index contributed by atoms with van der Waals surface area (Å²) in [6.07, 6.45) is 0. The third-order valence-electron chi connectivity index (χ3n) is 3.25. The van der Waals surface area contributed by atoms with E-state index in [1.165, 1.54) is 14.0 Å². The number of aliphatic hydroxyl groups excluding tert-OH is 1. The fourth-order valence-corrected chi connectivity index (χ4v) is 2.21. The molecule has 0 amide bonds. The Morgan fingerprint density at radius 2 is 2.05 bits per heavy atom. The van der Waals surface area contributed by atoms with Crippen LogP contribution in [-0.4, -0.2) is 23.2 Å². The van der Waals surface area contributed by atoms with Crippen LogP contribution in [0, 0.1) is 18.3 Å². The molecule has 0 unspecified atom stereocenters. The highest BCUT2D eigenvalue weighted by Gasteiger charge is 2.23. The zero-order valence-electron chi connectivity index (χ0n) is 12.0. The molecule has 0 radical (unpaired) electrons. The van der Waals surface area contributed by atoms with Gasteiger partial charge in [0.05, 0.1) is 23.9 Å². The highest BCUT2D eigenvalue weighted by atomic mass is 16.5. The van der Waals surface area contributed by atoms with Gasteiger partial charge in [0.25, 0.3) is 0 Å². The summed E-state index contributed by atoms with van der Waals surface area (Å²) in [6.45, 7) is 3.15. The van der Waals surface area contributed by atoms with Gasteiger partial charge in [0.1, 0.15) is 17.4 Å². The number of para-hydroxylation sites is 1. The van der Waals surface area contributed by atoms with Gasteiger partial charge in [-0.1, -0.05) is 18.2 Å². The van der Waals surface area contributed by atoms with Crippen LogP contribution in [0.4, 0.5) is 0 Å². The van der Waals surface area contributed by atoms with Crippen LogP contribution < -0.4 is 0 Å².